The molecule has 2 N–H and O–H groups in total. The molecule has 1 aliphatic rings. The normalized spacial score (nSPS) is 20.7. The first-order valence-electron chi connectivity index (χ1n) is 6.75. The molecular weight excluding hydrogens is 216 g/mol. The molecule has 17 heavy (non-hydrogen) atoms. The third kappa shape index (κ3) is 4.64. The van der Waals surface area contributed by atoms with Gasteiger partial charge in [-0.05, 0) is 44.8 Å². The number of aliphatic carboxylic acids is 1. The van der Waals surface area contributed by atoms with Gasteiger partial charge in [0.1, 0.15) is 6.04 Å². The zero-order valence-electron chi connectivity index (χ0n) is 11.3. The minimum atomic E-state index is -0.726. The van der Waals surface area contributed by atoms with Gasteiger partial charge in [-0.3, -0.25) is 4.79 Å². The summed E-state index contributed by atoms with van der Waals surface area (Å²) in [5.41, 5.74) is 0. The Labute approximate surface area is 104 Å². The predicted octanol–water partition coefficient (Wildman–Crippen LogP) is 1.56. The van der Waals surface area contributed by atoms with E-state index in [0.29, 0.717) is 6.04 Å². The van der Waals surface area contributed by atoms with Crippen LogP contribution in [0.5, 0.6) is 0 Å². The lowest BCUT2D eigenvalue weighted by Gasteiger charge is -2.34. The molecule has 0 saturated carbocycles. The van der Waals surface area contributed by atoms with E-state index in [1.54, 1.807) is 0 Å². The van der Waals surface area contributed by atoms with Crippen LogP contribution in [0.3, 0.4) is 0 Å². The topological polar surface area (TPSA) is 52.6 Å². The van der Waals surface area contributed by atoms with Crippen LogP contribution < -0.4 is 5.32 Å². The van der Waals surface area contributed by atoms with Crippen molar-refractivity contribution in [1.82, 2.24) is 10.2 Å². The van der Waals surface area contributed by atoms with Crippen LogP contribution in [0.25, 0.3) is 0 Å². The van der Waals surface area contributed by atoms with E-state index < -0.39 is 12.0 Å². The van der Waals surface area contributed by atoms with Crippen molar-refractivity contribution in [3.8, 4) is 0 Å². The van der Waals surface area contributed by atoms with Crippen LogP contribution >= 0.6 is 0 Å². The van der Waals surface area contributed by atoms with E-state index in [1.807, 2.05) is 13.8 Å². The molecule has 0 radical (unpaired) electrons. The van der Waals surface area contributed by atoms with E-state index in [0.717, 1.165) is 25.9 Å². The molecule has 0 amide bonds. The lowest BCUT2D eigenvalue weighted by molar-refractivity contribution is -0.141. The number of hydrogen-bond donors (Lipinski definition) is 2. The van der Waals surface area contributed by atoms with E-state index in [2.05, 4.69) is 17.1 Å². The average molecular weight is 242 g/mol. The fourth-order valence-corrected chi connectivity index (χ4v) is 2.44. The van der Waals surface area contributed by atoms with E-state index >= 15 is 0 Å². The van der Waals surface area contributed by atoms with Crippen molar-refractivity contribution in [2.75, 3.05) is 19.6 Å². The van der Waals surface area contributed by atoms with E-state index in [4.69, 9.17) is 5.11 Å². The van der Waals surface area contributed by atoms with Gasteiger partial charge in [0.05, 0.1) is 0 Å². The van der Waals surface area contributed by atoms with Crippen molar-refractivity contribution in [3.63, 3.8) is 0 Å². The summed E-state index contributed by atoms with van der Waals surface area (Å²) in [6, 6.07) is -0.0377. The number of carboxylic acids is 1. The van der Waals surface area contributed by atoms with Gasteiger partial charge in [0.15, 0.2) is 0 Å². The second kappa shape index (κ2) is 6.97. The third-order valence-corrected chi connectivity index (χ3v) is 3.48. The highest BCUT2D eigenvalue weighted by Gasteiger charge is 2.26. The molecule has 1 unspecified atom stereocenters. The van der Waals surface area contributed by atoms with Crippen LogP contribution in [-0.4, -0.2) is 47.7 Å². The van der Waals surface area contributed by atoms with Crippen LogP contribution in [0, 0.1) is 5.92 Å². The number of carbonyl (C=O) groups is 1. The summed E-state index contributed by atoms with van der Waals surface area (Å²) in [7, 11) is 0. The number of rotatable bonds is 6. The second-order valence-corrected chi connectivity index (χ2v) is 5.34. The van der Waals surface area contributed by atoms with Gasteiger partial charge < -0.3 is 15.3 Å². The first kappa shape index (κ1) is 14.5. The summed E-state index contributed by atoms with van der Waals surface area (Å²) in [5, 5.41) is 12.4. The maximum atomic E-state index is 11.1. The van der Waals surface area contributed by atoms with Gasteiger partial charge in [-0.2, -0.15) is 0 Å². The number of hydrogen-bond acceptors (Lipinski definition) is 3. The summed E-state index contributed by atoms with van der Waals surface area (Å²) in [5.74, 6) is -0.586. The largest absolute Gasteiger partial charge is 0.480 e. The van der Waals surface area contributed by atoms with Crippen molar-refractivity contribution < 1.29 is 9.90 Å². The molecule has 4 nitrogen and oxygen atoms in total. The maximum absolute atomic E-state index is 11.1. The zero-order chi connectivity index (χ0) is 12.8. The molecule has 100 valence electrons. The SMILES string of the molecule is CCCN1CCC(NC(C(=O)O)C(C)C)CC1. The number of likely N-dealkylation sites (tertiary alicyclic amines) is 1. The average Bonchev–Trinajstić information content (AvgIpc) is 2.27. The molecule has 1 heterocycles. The van der Waals surface area contributed by atoms with Gasteiger partial charge in [0.25, 0.3) is 0 Å². The molecule has 0 aliphatic carbocycles. The first-order valence-corrected chi connectivity index (χ1v) is 6.75. The van der Waals surface area contributed by atoms with Crippen molar-refractivity contribution in [1.29, 1.82) is 0 Å². The summed E-state index contributed by atoms with van der Waals surface area (Å²) in [4.78, 5) is 13.6. The highest BCUT2D eigenvalue weighted by Crippen LogP contribution is 2.13. The molecule has 1 saturated heterocycles. The lowest BCUT2D eigenvalue weighted by Crippen LogP contribution is -2.50. The van der Waals surface area contributed by atoms with Crippen molar-refractivity contribution in [2.24, 2.45) is 5.92 Å². The zero-order valence-corrected chi connectivity index (χ0v) is 11.3. The molecule has 0 bridgehead atoms. The second-order valence-electron chi connectivity index (χ2n) is 5.34. The quantitative estimate of drug-likeness (QED) is 0.742. The van der Waals surface area contributed by atoms with Crippen molar-refractivity contribution in [2.45, 2.75) is 52.1 Å². The van der Waals surface area contributed by atoms with Crippen LogP contribution in [0.15, 0.2) is 0 Å². The van der Waals surface area contributed by atoms with Gasteiger partial charge in [0, 0.05) is 6.04 Å². The number of piperidine rings is 1. The van der Waals surface area contributed by atoms with Crippen LogP contribution in [-0.2, 0) is 4.79 Å². The molecule has 4 heteroatoms. The van der Waals surface area contributed by atoms with Crippen LogP contribution in [0.2, 0.25) is 0 Å². The van der Waals surface area contributed by atoms with Gasteiger partial charge in [-0.25, -0.2) is 0 Å². The predicted molar refractivity (Wildman–Crippen MR) is 69.2 cm³/mol. The molecule has 1 atom stereocenters. The summed E-state index contributed by atoms with van der Waals surface area (Å²) < 4.78 is 0. The number of nitrogens with zero attached hydrogens (tertiary/aromatic N) is 1. The van der Waals surface area contributed by atoms with E-state index in [1.165, 1.54) is 13.0 Å². The highest BCUT2D eigenvalue weighted by molar-refractivity contribution is 5.73. The van der Waals surface area contributed by atoms with Crippen molar-refractivity contribution in [3.05, 3.63) is 0 Å². The molecule has 0 spiro atoms. The molecule has 0 aromatic rings. The Morgan fingerprint density at radius 3 is 2.41 bits per heavy atom. The van der Waals surface area contributed by atoms with E-state index in [9.17, 15) is 4.79 Å². The monoisotopic (exact) mass is 242 g/mol. The molecular formula is C13H26N2O2. The highest BCUT2D eigenvalue weighted by atomic mass is 16.4. The third-order valence-electron chi connectivity index (χ3n) is 3.48. The standard InChI is InChI=1S/C13H26N2O2/c1-4-7-15-8-5-11(6-9-15)14-12(10(2)3)13(16)17/h10-12,14H,4-9H2,1-3H3,(H,16,17). The van der Waals surface area contributed by atoms with Crippen LogP contribution in [0.4, 0.5) is 0 Å². The first-order chi connectivity index (χ1) is 8.04. The summed E-state index contributed by atoms with van der Waals surface area (Å²) >= 11 is 0. The molecule has 0 aromatic heterocycles. The minimum Gasteiger partial charge on any atom is -0.480 e. The van der Waals surface area contributed by atoms with Gasteiger partial charge in [-0.15, -0.1) is 0 Å². The lowest BCUT2D eigenvalue weighted by atomic mass is 9.99. The fraction of sp³-hybridized carbons (Fsp3) is 0.923. The van der Waals surface area contributed by atoms with Crippen molar-refractivity contribution >= 4 is 5.97 Å². The molecule has 0 aromatic carbocycles. The Morgan fingerprint density at radius 1 is 1.41 bits per heavy atom. The Hall–Kier alpha value is -0.610. The molecule has 1 fully saturated rings. The Morgan fingerprint density at radius 2 is 2.00 bits per heavy atom. The maximum Gasteiger partial charge on any atom is 0.320 e. The summed E-state index contributed by atoms with van der Waals surface area (Å²) in [6.07, 6.45) is 3.33. The van der Waals surface area contributed by atoms with E-state index in [-0.39, 0.29) is 5.92 Å². The van der Waals surface area contributed by atoms with Gasteiger partial charge in [0.2, 0.25) is 0 Å². The fourth-order valence-electron chi connectivity index (χ4n) is 2.44. The van der Waals surface area contributed by atoms with Gasteiger partial charge >= 0.3 is 5.97 Å². The number of nitrogens with one attached hydrogen (secondary N) is 1. The van der Waals surface area contributed by atoms with Crippen LogP contribution in [0.1, 0.15) is 40.0 Å². The Kier molecular flexibility index (Phi) is 5.92. The Bertz CT molecular complexity index is 236. The molecule has 1 rings (SSSR count). The smallest absolute Gasteiger partial charge is 0.320 e. The Balaban J connectivity index is 2.36. The molecule has 1 aliphatic heterocycles. The summed E-state index contributed by atoms with van der Waals surface area (Å²) in [6.45, 7) is 9.46. The number of carboxylic acid groups (broad SMARTS) is 1. The minimum absolute atomic E-state index is 0.140. The van der Waals surface area contributed by atoms with Gasteiger partial charge in [-0.1, -0.05) is 20.8 Å².